The van der Waals surface area contributed by atoms with Crippen molar-refractivity contribution in [1.29, 1.82) is 0 Å². The summed E-state index contributed by atoms with van der Waals surface area (Å²) in [6.07, 6.45) is 5.34. The molecule has 1 rings (SSSR count). The van der Waals surface area contributed by atoms with Crippen molar-refractivity contribution in [1.82, 2.24) is 0 Å². The number of hydrogen-bond acceptors (Lipinski definition) is 1. The zero-order valence-electron chi connectivity index (χ0n) is 10.5. The van der Waals surface area contributed by atoms with Crippen LogP contribution in [0, 0.1) is 16.7 Å². The second kappa shape index (κ2) is 4.22. The van der Waals surface area contributed by atoms with Gasteiger partial charge >= 0.3 is 0 Å². The van der Waals surface area contributed by atoms with E-state index in [1.54, 1.807) is 7.11 Å². The van der Waals surface area contributed by atoms with E-state index in [-0.39, 0.29) is 0 Å². The molecule has 1 aliphatic carbocycles. The molecule has 84 valence electrons. The Morgan fingerprint density at radius 2 is 1.93 bits per heavy atom. The van der Waals surface area contributed by atoms with Crippen molar-refractivity contribution in [3.8, 4) is 0 Å². The number of rotatable bonds is 5. The predicted octanol–water partition coefficient (Wildman–Crippen LogP) is 3.88. The minimum atomic E-state index is 0.548. The van der Waals surface area contributed by atoms with Crippen LogP contribution in [0.3, 0.4) is 0 Å². The van der Waals surface area contributed by atoms with Crippen molar-refractivity contribution in [2.75, 3.05) is 13.7 Å². The lowest BCUT2D eigenvalue weighted by atomic mass is 9.53. The first kappa shape index (κ1) is 12.0. The zero-order chi connectivity index (χ0) is 10.8. The van der Waals surface area contributed by atoms with Gasteiger partial charge in [-0.1, -0.05) is 34.1 Å². The molecule has 0 aliphatic heterocycles. The quantitative estimate of drug-likeness (QED) is 0.651. The highest BCUT2D eigenvalue weighted by molar-refractivity contribution is 4.96. The zero-order valence-corrected chi connectivity index (χ0v) is 10.5. The van der Waals surface area contributed by atoms with Crippen LogP contribution in [0.1, 0.15) is 53.4 Å². The molecule has 0 bridgehead atoms. The predicted molar refractivity (Wildman–Crippen MR) is 61.4 cm³/mol. The molecule has 0 unspecified atom stereocenters. The smallest absolute Gasteiger partial charge is 0.0467 e. The van der Waals surface area contributed by atoms with E-state index in [1.807, 2.05) is 0 Å². The van der Waals surface area contributed by atoms with Crippen molar-refractivity contribution >= 4 is 0 Å². The second-order valence-corrected chi connectivity index (χ2v) is 6.00. The standard InChI is InChI=1S/C13H26O/c1-6-12(2,3)11-9-13(4,10-11)7-8-14-5/h11H,6-10H2,1-5H3. The molecule has 1 heteroatoms. The van der Waals surface area contributed by atoms with Crippen LogP contribution < -0.4 is 0 Å². The maximum atomic E-state index is 5.16. The van der Waals surface area contributed by atoms with E-state index in [2.05, 4.69) is 27.7 Å². The number of ether oxygens (including phenoxy) is 1. The average Bonchev–Trinajstić information content (AvgIpc) is 2.10. The minimum Gasteiger partial charge on any atom is -0.385 e. The molecule has 0 atom stereocenters. The molecule has 0 radical (unpaired) electrons. The van der Waals surface area contributed by atoms with Crippen molar-refractivity contribution in [3.05, 3.63) is 0 Å². The lowest BCUT2D eigenvalue weighted by Gasteiger charge is -2.52. The summed E-state index contributed by atoms with van der Waals surface area (Å²) in [5.41, 5.74) is 1.12. The van der Waals surface area contributed by atoms with Gasteiger partial charge in [-0.3, -0.25) is 0 Å². The lowest BCUT2D eigenvalue weighted by Crippen LogP contribution is -2.42. The summed E-state index contributed by atoms with van der Waals surface area (Å²) in [4.78, 5) is 0. The van der Waals surface area contributed by atoms with Gasteiger partial charge in [-0.2, -0.15) is 0 Å². The van der Waals surface area contributed by atoms with Crippen LogP contribution in [0.2, 0.25) is 0 Å². The summed E-state index contributed by atoms with van der Waals surface area (Å²) in [6.45, 7) is 10.5. The second-order valence-electron chi connectivity index (χ2n) is 6.00. The largest absolute Gasteiger partial charge is 0.385 e. The van der Waals surface area contributed by atoms with Gasteiger partial charge in [-0.25, -0.2) is 0 Å². The Bertz CT molecular complexity index is 178. The van der Waals surface area contributed by atoms with Gasteiger partial charge in [0, 0.05) is 13.7 Å². The van der Waals surface area contributed by atoms with Gasteiger partial charge in [-0.05, 0) is 36.0 Å². The van der Waals surface area contributed by atoms with E-state index in [1.165, 1.54) is 25.7 Å². The third kappa shape index (κ3) is 2.50. The van der Waals surface area contributed by atoms with Crippen LogP contribution in [0.15, 0.2) is 0 Å². The molecule has 0 aromatic carbocycles. The van der Waals surface area contributed by atoms with Crippen LogP contribution >= 0.6 is 0 Å². The maximum absolute atomic E-state index is 5.16. The fraction of sp³-hybridized carbons (Fsp3) is 1.00. The third-order valence-electron chi connectivity index (χ3n) is 4.40. The lowest BCUT2D eigenvalue weighted by molar-refractivity contribution is -0.0288. The van der Waals surface area contributed by atoms with E-state index in [9.17, 15) is 0 Å². The summed E-state index contributed by atoms with van der Waals surface area (Å²) in [5, 5.41) is 0. The van der Waals surface area contributed by atoms with Crippen molar-refractivity contribution < 1.29 is 4.74 Å². The highest BCUT2D eigenvalue weighted by Crippen LogP contribution is 2.55. The van der Waals surface area contributed by atoms with E-state index in [0.29, 0.717) is 10.8 Å². The highest BCUT2D eigenvalue weighted by atomic mass is 16.5. The number of methoxy groups -OCH3 is 1. The number of hydrogen-bond donors (Lipinski definition) is 0. The van der Waals surface area contributed by atoms with Crippen molar-refractivity contribution in [3.63, 3.8) is 0 Å². The van der Waals surface area contributed by atoms with Crippen LogP contribution in [0.5, 0.6) is 0 Å². The minimum absolute atomic E-state index is 0.548. The summed E-state index contributed by atoms with van der Waals surface area (Å²) < 4.78 is 5.16. The molecule has 0 spiro atoms. The summed E-state index contributed by atoms with van der Waals surface area (Å²) in [6, 6.07) is 0. The molecule has 0 aromatic rings. The van der Waals surface area contributed by atoms with E-state index < -0.39 is 0 Å². The molecule has 0 amide bonds. The normalized spacial score (nSPS) is 32.8. The summed E-state index contributed by atoms with van der Waals surface area (Å²) >= 11 is 0. The van der Waals surface area contributed by atoms with Gasteiger partial charge in [0.1, 0.15) is 0 Å². The van der Waals surface area contributed by atoms with Gasteiger partial charge in [0.05, 0.1) is 0 Å². The van der Waals surface area contributed by atoms with Crippen molar-refractivity contribution in [2.24, 2.45) is 16.7 Å². The van der Waals surface area contributed by atoms with E-state index in [4.69, 9.17) is 4.74 Å². The summed E-state index contributed by atoms with van der Waals surface area (Å²) in [7, 11) is 1.80. The third-order valence-corrected chi connectivity index (χ3v) is 4.40. The van der Waals surface area contributed by atoms with Gasteiger partial charge in [0.15, 0.2) is 0 Å². The Kier molecular flexibility index (Phi) is 3.63. The topological polar surface area (TPSA) is 9.23 Å². The molecule has 0 saturated heterocycles. The van der Waals surface area contributed by atoms with Crippen LogP contribution in [0.4, 0.5) is 0 Å². The fourth-order valence-electron chi connectivity index (χ4n) is 2.52. The Labute approximate surface area is 89.2 Å². The molecule has 14 heavy (non-hydrogen) atoms. The van der Waals surface area contributed by atoms with Gasteiger partial charge < -0.3 is 4.74 Å². The Morgan fingerprint density at radius 1 is 1.36 bits per heavy atom. The molecule has 0 heterocycles. The Hall–Kier alpha value is -0.0400. The van der Waals surface area contributed by atoms with Gasteiger partial charge in [0.25, 0.3) is 0 Å². The molecule has 1 saturated carbocycles. The average molecular weight is 198 g/mol. The molecule has 1 nitrogen and oxygen atoms in total. The van der Waals surface area contributed by atoms with Crippen LogP contribution in [0.25, 0.3) is 0 Å². The fourth-order valence-corrected chi connectivity index (χ4v) is 2.52. The highest BCUT2D eigenvalue weighted by Gasteiger charge is 2.45. The SMILES string of the molecule is CCC(C)(C)C1CC(C)(CCOC)C1. The monoisotopic (exact) mass is 198 g/mol. The van der Waals surface area contributed by atoms with E-state index in [0.717, 1.165) is 12.5 Å². The maximum Gasteiger partial charge on any atom is 0.0467 e. The van der Waals surface area contributed by atoms with Gasteiger partial charge in [0.2, 0.25) is 0 Å². The Morgan fingerprint density at radius 3 is 2.36 bits per heavy atom. The summed E-state index contributed by atoms with van der Waals surface area (Å²) in [5.74, 6) is 0.939. The van der Waals surface area contributed by atoms with Gasteiger partial charge in [-0.15, -0.1) is 0 Å². The van der Waals surface area contributed by atoms with Crippen molar-refractivity contribution in [2.45, 2.75) is 53.4 Å². The molecular weight excluding hydrogens is 172 g/mol. The van der Waals surface area contributed by atoms with Crippen LogP contribution in [-0.2, 0) is 4.74 Å². The molecule has 1 aliphatic rings. The van der Waals surface area contributed by atoms with E-state index >= 15 is 0 Å². The first-order chi connectivity index (χ1) is 6.43. The molecular formula is C13H26O. The molecule has 1 fully saturated rings. The molecule has 0 N–H and O–H groups in total. The first-order valence-electron chi connectivity index (χ1n) is 5.92. The molecule has 0 aromatic heterocycles. The van der Waals surface area contributed by atoms with Crippen LogP contribution in [-0.4, -0.2) is 13.7 Å². The Balaban J connectivity index is 2.34. The first-order valence-corrected chi connectivity index (χ1v) is 5.92.